The second kappa shape index (κ2) is 11.7. The number of halogens is 2. The highest BCUT2D eigenvalue weighted by Crippen LogP contribution is 2.43. The largest absolute Gasteiger partial charge is 0.488 e. The Morgan fingerprint density at radius 3 is 2.33 bits per heavy atom. The van der Waals surface area contributed by atoms with Gasteiger partial charge in [0.15, 0.2) is 5.75 Å². The summed E-state index contributed by atoms with van der Waals surface area (Å²) in [4.78, 5) is 28.5. The van der Waals surface area contributed by atoms with Crippen LogP contribution in [0.4, 0.5) is 8.78 Å². The van der Waals surface area contributed by atoms with Crippen LogP contribution in [0.5, 0.6) is 17.2 Å². The molecule has 40 heavy (non-hydrogen) atoms. The summed E-state index contributed by atoms with van der Waals surface area (Å²) in [5.74, 6) is 0.383. The summed E-state index contributed by atoms with van der Waals surface area (Å²) in [6.07, 6.45) is 0.591. The van der Waals surface area contributed by atoms with Crippen LogP contribution in [0.3, 0.4) is 0 Å². The van der Waals surface area contributed by atoms with E-state index in [0.29, 0.717) is 60.9 Å². The van der Waals surface area contributed by atoms with Crippen molar-refractivity contribution in [2.24, 2.45) is 0 Å². The number of fused-ring (bicyclic) bond motifs is 1. The molecule has 208 valence electrons. The Kier molecular flexibility index (Phi) is 8.14. The highest BCUT2D eigenvalue weighted by Gasteiger charge is 2.28. The number of esters is 1. The Labute approximate surface area is 235 Å². The van der Waals surface area contributed by atoms with E-state index in [1.54, 1.807) is 56.3 Å². The van der Waals surface area contributed by atoms with Gasteiger partial charge in [0.05, 0.1) is 19.3 Å². The van der Waals surface area contributed by atoms with Gasteiger partial charge in [0.2, 0.25) is 5.78 Å². The molecule has 6 nitrogen and oxygen atoms in total. The van der Waals surface area contributed by atoms with Crippen LogP contribution in [0, 0.1) is 19.7 Å². The second-order valence-electron chi connectivity index (χ2n) is 9.82. The Morgan fingerprint density at radius 2 is 1.68 bits per heavy atom. The van der Waals surface area contributed by atoms with Crippen molar-refractivity contribution in [2.75, 3.05) is 33.4 Å². The van der Waals surface area contributed by atoms with Crippen LogP contribution < -0.4 is 9.47 Å². The minimum atomic E-state index is -0.483. The number of aryl methyl sites for hydroxylation is 2. The van der Waals surface area contributed by atoms with E-state index in [9.17, 15) is 18.4 Å². The van der Waals surface area contributed by atoms with E-state index in [1.165, 1.54) is 30.6 Å². The number of likely N-dealkylation sites (tertiary alicyclic amines) is 1. The average Bonchev–Trinajstić information content (AvgIpc) is 3.27. The number of alkyl halides is 1. The van der Waals surface area contributed by atoms with Crippen molar-refractivity contribution in [3.63, 3.8) is 0 Å². The molecule has 1 aromatic heterocycles. The third kappa shape index (κ3) is 5.71. The van der Waals surface area contributed by atoms with E-state index < -0.39 is 11.8 Å². The normalized spacial score (nSPS) is 13.7. The molecule has 1 aliphatic rings. The number of rotatable bonds is 10. The molecule has 2 heterocycles. The molecule has 5 rings (SSSR count). The number of hydrogen-bond donors (Lipinski definition) is 0. The molecule has 0 spiro atoms. The van der Waals surface area contributed by atoms with Crippen molar-refractivity contribution in [1.82, 2.24) is 4.90 Å². The standard InChI is InChI=1S/C31H29F2NO5S/c1-18-13-21(33)14-19(2)27(18)28(35)30-29(25-10-5-20(31(36)37-3)15-26(25)40-30)39-23-8-6-22(7-9-23)38-24-16-34(17-24)12-4-11-32/h5-10,13-15,24H,4,11-12,16-17H2,1-3H3. The zero-order chi connectivity index (χ0) is 28.4. The molecule has 0 amide bonds. The van der Waals surface area contributed by atoms with E-state index >= 15 is 0 Å². The van der Waals surface area contributed by atoms with Gasteiger partial charge >= 0.3 is 5.97 Å². The van der Waals surface area contributed by atoms with Gasteiger partial charge in [-0.05, 0) is 86.0 Å². The predicted molar refractivity (Wildman–Crippen MR) is 150 cm³/mol. The van der Waals surface area contributed by atoms with Crippen molar-refractivity contribution in [3.05, 3.63) is 87.5 Å². The highest BCUT2D eigenvalue weighted by molar-refractivity contribution is 7.21. The first kappa shape index (κ1) is 27.7. The van der Waals surface area contributed by atoms with Gasteiger partial charge in [-0.15, -0.1) is 11.3 Å². The second-order valence-corrected chi connectivity index (χ2v) is 10.9. The third-order valence-electron chi connectivity index (χ3n) is 6.87. The van der Waals surface area contributed by atoms with E-state index in [1.807, 2.05) is 0 Å². The number of methoxy groups -OCH3 is 1. The van der Waals surface area contributed by atoms with Gasteiger partial charge < -0.3 is 14.2 Å². The molecule has 1 aliphatic heterocycles. The molecule has 4 aromatic rings. The monoisotopic (exact) mass is 565 g/mol. The van der Waals surface area contributed by atoms with Gasteiger partial charge in [-0.2, -0.15) is 0 Å². The zero-order valence-corrected chi connectivity index (χ0v) is 23.3. The number of nitrogens with zero attached hydrogens (tertiary/aromatic N) is 1. The van der Waals surface area contributed by atoms with Gasteiger partial charge in [0.25, 0.3) is 0 Å². The maximum atomic E-state index is 14.0. The molecule has 0 aliphatic carbocycles. The first-order chi connectivity index (χ1) is 19.3. The lowest BCUT2D eigenvalue weighted by Gasteiger charge is -2.38. The fourth-order valence-electron chi connectivity index (χ4n) is 4.91. The lowest BCUT2D eigenvalue weighted by Crippen LogP contribution is -2.53. The van der Waals surface area contributed by atoms with Crippen LogP contribution in [0.15, 0.2) is 54.6 Å². The molecule has 0 radical (unpaired) electrons. The van der Waals surface area contributed by atoms with Crippen LogP contribution >= 0.6 is 11.3 Å². The fourth-order valence-corrected chi connectivity index (χ4v) is 6.03. The van der Waals surface area contributed by atoms with Crippen molar-refractivity contribution in [3.8, 4) is 17.2 Å². The minimum Gasteiger partial charge on any atom is -0.488 e. The van der Waals surface area contributed by atoms with Crippen LogP contribution in [0.1, 0.15) is 43.1 Å². The third-order valence-corrected chi connectivity index (χ3v) is 8.01. The number of carbonyl (C=O) groups excluding carboxylic acids is 2. The number of carbonyl (C=O) groups is 2. The van der Waals surface area contributed by atoms with Crippen molar-refractivity contribution >= 4 is 33.2 Å². The summed E-state index contributed by atoms with van der Waals surface area (Å²) in [7, 11) is 1.31. The summed E-state index contributed by atoms with van der Waals surface area (Å²) in [6.45, 7) is 5.35. The van der Waals surface area contributed by atoms with Crippen LogP contribution in [-0.4, -0.2) is 56.2 Å². The maximum Gasteiger partial charge on any atom is 0.337 e. The van der Waals surface area contributed by atoms with E-state index in [0.717, 1.165) is 19.6 Å². The number of benzene rings is 3. The summed E-state index contributed by atoms with van der Waals surface area (Å²) in [5, 5.41) is 0.668. The number of ether oxygens (including phenoxy) is 3. The van der Waals surface area contributed by atoms with Crippen LogP contribution in [0.2, 0.25) is 0 Å². The molecule has 0 N–H and O–H groups in total. The molecule has 3 aromatic carbocycles. The SMILES string of the molecule is COC(=O)c1ccc2c(Oc3ccc(OC4CN(CCCF)C4)cc3)c(C(=O)c3c(C)cc(F)cc3C)sc2c1. The highest BCUT2D eigenvalue weighted by atomic mass is 32.1. The molecule has 0 unspecified atom stereocenters. The molecule has 1 saturated heterocycles. The topological polar surface area (TPSA) is 65.1 Å². The Bertz CT molecular complexity index is 1540. The van der Waals surface area contributed by atoms with Crippen molar-refractivity contribution in [2.45, 2.75) is 26.4 Å². The Balaban J connectivity index is 1.44. The first-order valence-corrected chi connectivity index (χ1v) is 13.8. The van der Waals surface area contributed by atoms with E-state index in [2.05, 4.69) is 4.90 Å². The molecule has 0 atom stereocenters. The summed E-state index contributed by atoms with van der Waals surface area (Å²) in [6, 6.07) is 14.9. The number of ketones is 1. The maximum absolute atomic E-state index is 14.0. The summed E-state index contributed by atoms with van der Waals surface area (Å²) in [5.41, 5.74) is 1.83. The Morgan fingerprint density at radius 1 is 1.00 bits per heavy atom. The van der Waals surface area contributed by atoms with Crippen molar-refractivity contribution < 1.29 is 32.6 Å². The van der Waals surface area contributed by atoms with Gasteiger partial charge in [-0.1, -0.05) is 0 Å². The quantitative estimate of drug-likeness (QED) is 0.154. The minimum absolute atomic E-state index is 0.0580. The zero-order valence-electron chi connectivity index (χ0n) is 22.5. The predicted octanol–water partition coefficient (Wildman–Crippen LogP) is 6.89. The number of hydrogen-bond acceptors (Lipinski definition) is 7. The van der Waals surface area contributed by atoms with Crippen LogP contribution in [-0.2, 0) is 4.74 Å². The molecule has 0 saturated carbocycles. The summed E-state index contributed by atoms with van der Waals surface area (Å²) >= 11 is 1.21. The molecule has 1 fully saturated rings. The molecule has 9 heteroatoms. The number of thiophene rings is 1. The molecular weight excluding hydrogens is 536 g/mol. The van der Waals surface area contributed by atoms with Gasteiger partial charge in [0, 0.05) is 35.3 Å². The van der Waals surface area contributed by atoms with Gasteiger partial charge in [-0.3, -0.25) is 14.1 Å². The van der Waals surface area contributed by atoms with Gasteiger partial charge in [0.1, 0.15) is 28.3 Å². The van der Waals surface area contributed by atoms with Gasteiger partial charge in [-0.25, -0.2) is 9.18 Å². The smallest absolute Gasteiger partial charge is 0.337 e. The Hall–Kier alpha value is -3.82. The van der Waals surface area contributed by atoms with Crippen LogP contribution in [0.25, 0.3) is 10.1 Å². The average molecular weight is 566 g/mol. The van der Waals surface area contributed by atoms with E-state index in [-0.39, 0.29) is 18.6 Å². The lowest BCUT2D eigenvalue weighted by molar-refractivity contribution is 0.0184. The first-order valence-electron chi connectivity index (χ1n) is 13.0. The fraction of sp³-hybridized carbons (Fsp3) is 0.290. The molecule has 0 bridgehead atoms. The van der Waals surface area contributed by atoms with Crippen molar-refractivity contribution in [1.29, 1.82) is 0 Å². The van der Waals surface area contributed by atoms with E-state index in [4.69, 9.17) is 14.2 Å². The lowest BCUT2D eigenvalue weighted by atomic mass is 9.97. The molecular formula is C31H29F2NO5S. The summed E-state index contributed by atoms with van der Waals surface area (Å²) < 4.78 is 44.2.